The average molecular weight is 368 g/mol. The van der Waals surface area contributed by atoms with Crippen LogP contribution >= 0.6 is 11.6 Å². The van der Waals surface area contributed by atoms with Gasteiger partial charge in [-0.15, -0.1) is 0 Å². The zero-order valence-corrected chi connectivity index (χ0v) is 14.6. The number of carbonyl (C=O) groups excluding carboxylic acids is 3. The van der Waals surface area contributed by atoms with Crippen molar-refractivity contribution in [3.63, 3.8) is 0 Å². The van der Waals surface area contributed by atoms with Crippen LogP contribution in [0.5, 0.6) is 0 Å². The molecule has 7 heteroatoms. The molecule has 3 atom stereocenters. The summed E-state index contributed by atoms with van der Waals surface area (Å²) < 4.78 is 18.8. The van der Waals surface area contributed by atoms with E-state index >= 15 is 0 Å². The Hall–Kier alpha value is -1.95. The highest BCUT2D eigenvalue weighted by Gasteiger charge is 2.51. The Labute approximate surface area is 150 Å². The molecule has 3 rings (SSSR count). The minimum atomic E-state index is -1.03. The first-order chi connectivity index (χ1) is 11.9. The Morgan fingerprint density at radius 2 is 1.88 bits per heavy atom. The standard InChI is InChI=1S/C18H19ClFNO4/c1-10(18(24)25-9-13-14(19)7-4-8-15(13)20)21-16(22)11-5-2-3-6-12(11)17(21)23/h4,7-8,10-12H,2-3,5-6,9H2,1H3/t10-,11-,12+/m1/s1. The molecule has 1 heterocycles. The minimum absolute atomic E-state index is 0.0671. The molecule has 0 unspecified atom stereocenters. The zero-order valence-electron chi connectivity index (χ0n) is 13.8. The fourth-order valence-electron chi connectivity index (χ4n) is 3.61. The molecule has 1 saturated heterocycles. The van der Waals surface area contributed by atoms with E-state index < -0.39 is 17.8 Å². The van der Waals surface area contributed by atoms with E-state index in [1.54, 1.807) is 0 Å². The Morgan fingerprint density at radius 1 is 1.28 bits per heavy atom. The summed E-state index contributed by atoms with van der Waals surface area (Å²) in [5.41, 5.74) is 0.0671. The van der Waals surface area contributed by atoms with Crippen LogP contribution in [0.1, 0.15) is 38.2 Å². The molecule has 2 amide bonds. The highest BCUT2D eigenvalue weighted by atomic mass is 35.5. The summed E-state index contributed by atoms with van der Waals surface area (Å²) in [6, 6.07) is 3.14. The van der Waals surface area contributed by atoms with Crippen LogP contribution in [-0.2, 0) is 25.7 Å². The maximum atomic E-state index is 13.7. The third kappa shape index (κ3) is 3.27. The predicted molar refractivity (Wildman–Crippen MR) is 88.0 cm³/mol. The number of fused-ring (bicyclic) bond motifs is 1. The van der Waals surface area contributed by atoms with E-state index in [9.17, 15) is 18.8 Å². The molecule has 134 valence electrons. The molecule has 0 N–H and O–H groups in total. The van der Waals surface area contributed by atoms with Crippen molar-refractivity contribution in [3.8, 4) is 0 Å². The maximum Gasteiger partial charge on any atom is 0.329 e. The summed E-state index contributed by atoms with van der Waals surface area (Å²) >= 11 is 5.90. The van der Waals surface area contributed by atoms with Gasteiger partial charge in [0.05, 0.1) is 16.9 Å². The predicted octanol–water partition coefficient (Wildman–Crippen LogP) is 3.09. The van der Waals surface area contributed by atoms with Gasteiger partial charge >= 0.3 is 5.97 Å². The zero-order chi connectivity index (χ0) is 18.1. The van der Waals surface area contributed by atoms with Crippen molar-refractivity contribution in [1.82, 2.24) is 4.90 Å². The molecule has 1 aromatic carbocycles. The summed E-state index contributed by atoms with van der Waals surface area (Å²) in [6.45, 7) is 1.11. The van der Waals surface area contributed by atoms with Crippen LogP contribution in [0, 0.1) is 17.7 Å². The molecule has 2 aliphatic rings. The summed E-state index contributed by atoms with van der Waals surface area (Å²) in [5.74, 6) is -2.58. The number of halogens is 2. The number of imide groups is 1. The van der Waals surface area contributed by atoms with Crippen LogP contribution in [0.2, 0.25) is 5.02 Å². The molecular formula is C18H19ClFNO4. The Morgan fingerprint density at radius 3 is 2.44 bits per heavy atom. The molecule has 5 nitrogen and oxygen atoms in total. The number of esters is 1. The summed E-state index contributed by atoms with van der Waals surface area (Å²) in [5, 5.41) is 0.153. The topological polar surface area (TPSA) is 63.7 Å². The van der Waals surface area contributed by atoms with Crippen molar-refractivity contribution in [1.29, 1.82) is 0 Å². The van der Waals surface area contributed by atoms with E-state index in [2.05, 4.69) is 0 Å². The average Bonchev–Trinajstić information content (AvgIpc) is 2.85. The van der Waals surface area contributed by atoms with Gasteiger partial charge in [-0.1, -0.05) is 30.5 Å². The molecule has 2 fully saturated rings. The lowest BCUT2D eigenvalue weighted by atomic mass is 9.81. The van der Waals surface area contributed by atoms with Crippen molar-refractivity contribution in [3.05, 3.63) is 34.6 Å². The second-order valence-electron chi connectivity index (χ2n) is 6.53. The fourth-order valence-corrected chi connectivity index (χ4v) is 3.83. The second kappa shape index (κ2) is 7.12. The quantitative estimate of drug-likeness (QED) is 0.606. The number of amides is 2. The largest absolute Gasteiger partial charge is 0.459 e. The van der Waals surface area contributed by atoms with E-state index in [4.69, 9.17) is 16.3 Å². The van der Waals surface area contributed by atoms with Crippen LogP contribution in [0.15, 0.2) is 18.2 Å². The van der Waals surface area contributed by atoms with Gasteiger partial charge in [0, 0.05) is 5.56 Å². The van der Waals surface area contributed by atoms with E-state index in [1.165, 1.54) is 25.1 Å². The van der Waals surface area contributed by atoms with Gasteiger partial charge in [0.25, 0.3) is 0 Å². The van der Waals surface area contributed by atoms with Crippen LogP contribution in [0.3, 0.4) is 0 Å². The van der Waals surface area contributed by atoms with E-state index in [1.807, 2.05) is 0 Å². The summed E-state index contributed by atoms with van der Waals surface area (Å²) in [6.07, 6.45) is 3.19. The molecule has 0 aromatic heterocycles. The Kier molecular flexibility index (Phi) is 5.08. The van der Waals surface area contributed by atoms with Gasteiger partial charge in [-0.2, -0.15) is 0 Å². The number of hydrogen-bond donors (Lipinski definition) is 0. The second-order valence-corrected chi connectivity index (χ2v) is 6.94. The van der Waals surface area contributed by atoms with Gasteiger partial charge in [0.2, 0.25) is 11.8 Å². The van der Waals surface area contributed by atoms with Crippen LogP contribution < -0.4 is 0 Å². The van der Waals surface area contributed by atoms with Crippen LogP contribution in [0.25, 0.3) is 0 Å². The van der Waals surface area contributed by atoms with Crippen LogP contribution in [0.4, 0.5) is 4.39 Å². The summed E-state index contributed by atoms with van der Waals surface area (Å²) in [7, 11) is 0. The van der Waals surface area contributed by atoms with E-state index in [-0.39, 0.29) is 40.8 Å². The Balaban J connectivity index is 1.68. The number of ether oxygens (including phenoxy) is 1. The lowest BCUT2D eigenvalue weighted by Gasteiger charge is -2.21. The third-order valence-corrected chi connectivity index (χ3v) is 5.38. The van der Waals surface area contributed by atoms with E-state index in [0.717, 1.165) is 17.7 Å². The number of hydrogen-bond acceptors (Lipinski definition) is 4. The highest BCUT2D eigenvalue weighted by molar-refractivity contribution is 6.31. The van der Waals surface area contributed by atoms with Crippen molar-refractivity contribution < 1.29 is 23.5 Å². The van der Waals surface area contributed by atoms with Gasteiger partial charge in [0.15, 0.2) is 0 Å². The first-order valence-corrected chi connectivity index (χ1v) is 8.76. The molecule has 1 aromatic rings. The fraction of sp³-hybridized carbons (Fsp3) is 0.500. The molecular weight excluding hydrogens is 349 g/mol. The van der Waals surface area contributed by atoms with Crippen molar-refractivity contribution >= 4 is 29.4 Å². The lowest BCUT2D eigenvalue weighted by Crippen LogP contribution is -2.44. The van der Waals surface area contributed by atoms with Gasteiger partial charge in [-0.25, -0.2) is 9.18 Å². The molecule has 1 aliphatic carbocycles. The Bertz CT molecular complexity index is 679. The normalized spacial score (nSPS) is 24.2. The van der Waals surface area contributed by atoms with Crippen LogP contribution in [-0.4, -0.2) is 28.7 Å². The third-order valence-electron chi connectivity index (χ3n) is 5.02. The molecule has 0 radical (unpaired) electrons. The summed E-state index contributed by atoms with van der Waals surface area (Å²) in [4.78, 5) is 38.3. The van der Waals surface area contributed by atoms with Crippen molar-refractivity contribution in [2.45, 2.75) is 45.3 Å². The molecule has 0 bridgehead atoms. The van der Waals surface area contributed by atoms with Crippen molar-refractivity contribution in [2.75, 3.05) is 0 Å². The number of likely N-dealkylation sites (tertiary alicyclic amines) is 1. The smallest absolute Gasteiger partial charge is 0.329 e. The minimum Gasteiger partial charge on any atom is -0.459 e. The SMILES string of the molecule is C[C@H](C(=O)OCc1c(F)cccc1Cl)N1C(=O)[C@H]2CCCC[C@H]2C1=O. The maximum absolute atomic E-state index is 13.7. The first-order valence-electron chi connectivity index (χ1n) is 8.38. The first kappa shape index (κ1) is 17.9. The molecule has 0 spiro atoms. The van der Waals surface area contributed by atoms with Gasteiger partial charge in [0.1, 0.15) is 18.5 Å². The van der Waals surface area contributed by atoms with E-state index in [0.29, 0.717) is 12.8 Å². The van der Waals surface area contributed by atoms with Gasteiger partial charge in [-0.3, -0.25) is 14.5 Å². The molecule has 1 saturated carbocycles. The monoisotopic (exact) mass is 367 g/mol. The van der Waals surface area contributed by atoms with Crippen molar-refractivity contribution in [2.24, 2.45) is 11.8 Å². The number of carbonyl (C=O) groups is 3. The number of benzene rings is 1. The molecule has 1 aliphatic heterocycles. The lowest BCUT2D eigenvalue weighted by molar-refractivity contribution is -0.159. The number of rotatable bonds is 4. The highest BCUT2D eigenvalue weighted by Crippen LogP contribution is 2.39. The number of nitrogens with zero attached hydrogens (tertiary/aromatic N) is 1. The molecule has 25 heavy (non-hydrogen) atoms. The van der Waals surface area contributed by atoms with Gasteiger partial charge in [-0.05, 0) is 31.9 Å². The van der Waals surface area contributed by atoms with Gasteiger partial charge < -0.3 is 4.74 Å².